The van der Waals surface area contributed by atoms with Gasteiger partial charge >= 0.3 is 0 Å². The lowest BCUT2D eigenvalue weighted by Gasteiger charge is -2.38. The molecule has 0 N–H and O–H groups in total. The topological polar surface area (TPSA) is 54.6 Å². The average molecular weight is 378 g/mol. The van der Waals surface area contributed by atoms with Crippen molar-refractivity contribution < 1.29 is 9.15 Å². The Morgan fingerprint density at radius 1 is 1.11 bits per heavy atom. The van der Waals surface area contributed by atoms with Crippen LogP contribution in [-0.2, 0) is 6.54 Å². The number of hydrogen-bond acceptors (Lipinski definition) is 6. The molecule has 4 rings (SSSR count). The summed E-state index contributed by atoms with van der Waals surface area (Å²) in [5.41, 5.74) is 2.11. The first kappa shape index (κ1) is 18.5. The van der Waals surface area contributed by atoms with Crippen LogP contribution < -0.4 is 9.64 Å². The number of likely N-dealkylation sites (N-methyl/N-ethyl adjacent to an activating group) is 1. The molecule has 146 valence electrons. The normalized spacial score (nSPS) is 17.1. The molecule has 0 bridgehead atoms. The highest BCUT2D eigenvalue weighted by Crippen LogP contribution is 2.29. The van der Waals surface area contributed by atoms with Gasteiger partial charge in [-0.05, 0) is 44.2 Å². The number of piperidine rings is 1. The Hall–Kier alpha value is -2.86. The van der Waals surface area contributed by atoms with E-state index in [0.29, 0.717) is 24.4 Å². The van der Waals surface area contributed by atoms with E-state index in [-0.39, 0.29) is 0 Å². The lowest BCUT2D eigenvalue weighted by molar-refractivity contribution is 0.191. The van der Waals surface area contributed by atoms with Crippen molar-refractivity contribution in [3.63, 3.8) is 0 Å². The van der Waals surface area contributed by atoms with E-state index in [2.05, 4.69) is 57.4 Å². The minimum Gasteiger partial charge on any atom is -0.496 e. The van der Waals surface area contributed by atoms with E-state index in [9.17, 15) is 0 Å². The maximum atomic E-state index is 5.93. The third-order valence-corrected chi connectivity index (χ3v) is 5.33. The van der Waals surface area contributed by atoms with Crippen LogP contribution in [0.25, 0.3) is 11.5 Å². The summed E-state index contributed by atoms with van der Waals surface area (Å²) in [5, 5.41) is 8.47. The SMILES string of the molecule is COc1ccccc1-c1nnc(CN(C)[C@@H]2CCCN(c3ccccc3)C2)o1. The third kappa shape index (κ3) is 4.02. The smallest absolute Gasteiger partial charge is 0.251 e. The predicted octanol–water partition coefficient (Wildman–Crippen LogP) is 3.85. The lowest BCUT2D eigenvalue weighted by Crippen LogP contribution is -2.46. The molecule has 3 aromatic rings. The summed E-state index contributed by atoms with van der Waals surface area (Å²) in [6, 6.07) is 18.8. The third-order valence-electron chi connectivity index (χ3n) is 5.33. The Morgan fingerprint density at radius 2 is 1.89 bits per heavy atom. The Morgan fingerprint density at radius 3 is 2.71 bits per heavy atom. The Balaban J connectivity index is 1.42. The van der Waals surface area contributed by atoms with Crippen molar-refractivity contribution >= 4 is 5.69 Å². The van der Waals surface area contributed by atoms with Crippen LogP contribution in [0.5, 0.6) is 5.75 Å². The monoisotopic (exact) mass is 378 g/mol. The summed E-state index contributed by atoms with van der Waals surface area (Å²) in [4.78, 5) is 4.77. The van der Waals surface area contributed by atoms with Crippen molar-refractivity contribution in [3.8, 4) is 17.2 Å². The van der Waals surface area contributed by atoms with E-state index >= 15 is 0 Å². The lowest BCUT2D eigenvalue weighted by atomic mass is 10.0. The second-order valence-corrected chi connectivity index (χ2v) is 7.19. The molecule has 0 spiro atoms. The average Bonchev–Trinajstić information content (AvgIpc) is 3.22. The van der Waals surface area contributed by atoms with E-state index in [4.69, 9.17) is 9.15 Å². The Kier molecular flexibility index (Phi) is 5.58. The number of methoxy groups -OCH3 is 1. The Labute approximate surface area is 165 Å². The van der Waals surface area contributed by atoms with Crippen LogP contribution in [-0.4, -0.2) is 48.4 Å². The van der Waals surface area contributed by atoms with Gasteiger partial charge < -0.3 is 14.1 Å². The highest BCUT2D eigenvalue weighted by molar-refractivity contribution is 5.62. The molecule has 1 saturated heterocycles. The van der Waals surface area contributed by atoms with Gasteiger partial charge in [0.05, 0.1) is 19.2 Å². The molecule has 0 amide bonds. The molecule has 6 nitrogen and oxygen atoms in total. The molecule has 0 radical (unpaired) electrons. The zero-order valence-corrected chi connectivity index (χ0v) is 16.4. The van der Waals surface area contributed by atoms with Gasteiger partial charge in [0.2, 0.25) is 5.89 Å². The summed E-state index contributed by atoms with van der Waals surface area (Å²) in [7, 11) is 3.78. The predicted molar refractivity (Wildman–Crippen MR) is 109 cm³/mol. The number of aromatic nitrogens is 2. The molecule has 2 heterocycles. The number of para-hydroxylation sites is 2. The molecule has 0 saturated carbocycles. The largest absolute Gasteiger partial charge is 0.496 e. The van der Waals surface area contributed by atoms with E-state index in [1.807, 2.05) is 24.3 Å². The van der Waals surface area contributed by atoms with Crippen LogP contribution in [0.2, 0.25) is 0 Å². The molecule has 1 aliphatic rings. The summed E-state index contributed by atoms with van der Waals surface area (Å²) in [5.74, 6) is 1.85. The van der Waals surface area contributed by atoms with Crippen molar-refractivity contribution in [2.45, 2.75) is 25.4 Å². The van der Waals surface area contributed by atoms with Crippen LogP contribution >= 0.6 is 0 Å². The van der Waals surface area contributed by atoms with Crippen molar-refractivity contribution in [1.29, 1.82) is 0 Å². The molecule has 1 fully saturated rings. The fourth-order valence-electron chi connectivity index (χ4n) is 3.78. The van der Waals surface area contributed by atoms with Gasteiger partial charge in [-0.15, -0.1) is 10.2 Å². The van der Waals surface area contributed by atoms with Crippen molar-refractivity contribution in [1.82, 2.24) is 15.1 Å². The van der Waals surface area contributed by atoms with E-state index in [1.165, 1.54) is 18.5 Å². The van der Waals surface area contributed by atoms with Crippen molar-refractivity contribution in [2.75, 3.05) is 32.1 Å². The Bertz CT molecular complexity index is 896. The molecular weight excluding hydrogens is 352 g/mol. The van der Waals surface area contributed by atoms with Crippen LogP contribution in [0.1, 0.15) is 18.7 Å². The standard InChI is InChI=1S/C22H26N4O2/c1-25(18-11-8-14-26(15-18)17-9-4-3-5-10-17)16-21-23-24-22(28-21)19-12-6-7-13-20(19)27-2/h3-7,9-10,12-13,18H,8,11,14-16H2,1-2H3/t18-/m1/s1. The van der Waals surface area contributed by atoms with Crippen molar-refractivity contribution in [2.24, 2.45) is 0 Å². The maximum absolute atomic E-state index is 5.93. The van der Waals surface area contributed by atoms with Gasteiger partial charge in [0.1, 0.15) is 5.75 Å². The van der Waals surface area contributed by atoms with Crippen molar-refractivity contribution in [3.05, 3.63) is 60.5 Å². The van der Waals surface area contributed by atoms with Gasteiger partial charge in [0, 0.05) is 24.8 Å². The molecule has 2 aromatic carbocycles. The fraction of sp³-hybridized carbons (Fsp3) is 0.364. The van der Waals surface area contributed by atoms with Crippen LogP contribution in [0.4, 0.5) is 5.69 Å². The molecule has 1 aromatic heterocycles. The first-order valence-electron chi connectivity index (χ1n) is 9.70. The summed E-state index contributed by atoms with van der Waals surface area (Å²) in [6.45, 7) is 2.75. The summed E-state index contributed by atoms with van der Waals surface area (Å²) < 4.78 is 11.3. The van der Waals surface area contributed by atoms with Gasteiger partial charge in [-0.25, -0.2) is 0 Å². The van der Waals surface area contributed by atoms with Crippen LogP contribution in [0, 0.1) is 0 Å². The van der Waals surface area contributed by atoms with Gasteiger partial charge in [0.25, 0.3) is 5.89 Å². The molecule has 6 heteroatoms. The molecule has 28 heavy (non-hydrogen) atoms. The van der Waals surface area contributed by atoms with E-state index < -0.39 is 0 Å². The van der Waals surface area contributed by atoms with Crippen LogP contribution in [0.3, 0.4) is 0 Å². The zero-order valence-electron chi connectivity index (χ0n) is 16.4. The fourth-order valence-corrected chi connectivity index (χ4v) is 3.78. The summed E-state index contributed by atoms with van der Waals surface area (Å²) >= 11 is 0. The number of nitrogens with zero attached hydrogens (tertiary/aromatic N) is 4. The second-order valence-electron chi connectivity index (χ2n) is 7.19. The number of rotatable bonds is 6. The highest BCUT2D eigenvalue weighted by atomic mass is 16.5. The number of hydrogen-bond donors (Lipinski definition) is 0. The first-order chi connectivity index (χ1) is 13.7. The summed E-state index contributed by atoms with van der Waals surface area (Å²) in [6.07, 6.45) is 2.35. The number of anilines is 1. The number of ether oxygens (including phenoxy) is 1. The quantitative estimate of drug-likeness (QED) is 0.649. The molecular formula is C22H26N4O2. The second kappa shape index (κ2) is 8.44. The highest BCUT2D eigenvalue weighted by Gasteiger charge is 2.25. The van der Waals surface area contributed by atoms with Gasteiger partial charge in [-0.2, -0.15) is 0 Å². The van der Waals surface area contributed by atoms with E-state index in [0.717, 1.165) is 24.4 Å². The molecule has 0 aliphatic carbocycles. The van der Waals surface area contributed by atoms with Gasteiger partial charge in [0.15, 0.2) is 0 Å². The maximum Gasteiger partial charge on any atom is 0.251 e. The minimum absolute atomic E-state index is 0.454. The van der Waals surface area contributed by atoms with Crippen LogP contribution in [0.15, 0.2) is 59.0 Å². The first-order valence-corrected chi connectivity index (χ1v) is 9.70. The zero-order chi connectivity index (χ0) is 19.3. The van der Waals surface area contributed by atoms with Gasteiger partial charge in [-0.3, -0.25) is 4.90 Å². The number of benzene rings is 2. The molecule has 1 atom stereocenters. The minimum atomic E-state index is 0.454. The van der Waals surface area contributed by atoms with Gasteiger partial charge in [-0.1, -0.05) is 30.3 Å². The molecule has 1 aliphatic heterocycles. The molecule has 0 unspecified atom stereocenters. The van der Waals surface area contributed by atoms with E-state index in [1.54, 1.807) is 7.11 Å².